The minimum atomic E-state index is -1.17. The zero-order chi connectivity index (χ0) is 28.5. The third-order valence-electron chi connectivity index (χ3n) is 7.57. The Hall–Kier alpha value is -1.10. The fourth-order valence-corrected chi connectivity index (χ4v) is 5.31. The summed E-state index contributed by atoms with van der Waals surface area (Å²) in [5.41, 5.74) is 0. The molecule has 0 aliphatic carbocycles. The fourth-order valence-electron chi connectivity index (χ4n) is 5.31. The first kappa shape index (κ1) is 36.9. The molecule has 0 rings (SSSR count). The van der Waals surface area contributed by atoms with Gasteiger partial charge in [0.25, 0.3) is 0 Å². The summed E-state index contributed by atoms with van der Waals surface area (Å²) in [5.74, 6) is -0.538. The van der Waals surface area contributed by atoms with Gasteiger partial charge < -0.3 is 19.1 Å². The molecule has 0 N–H and O–H groups in total. The van der Waals surface area contributed by atoms with Crippen molar-refractivity contribution in [3.05, 3.63) is 0 Å². The van der Waals surface area contributed by atoms with E-state index in [0.717, 1.165) is 25.2 Å². The Morgan fingerprint density at radius 1 is 0.658 bits per heavy atom. The van der Waals surface area contributed by atoms with Crippen molar-refractivity contribution in [1.82, 2.24) is 0 Å². The minimum absolute atomic E-state index is 0.236. The molecule has 5 nitrogen and oxygen atoms in total. The number of hydrogen-bond acceptors (Lipinski definition) is 4. The van der Waals surface area contributed by atoms with Gasteiger partial charge in [-0.1, -0.05) is 142 Å². The second-order valence-corrected chi connectivity index (χ2v) is 13.0. The van der Waals surface area contributed by atoms with Gasteiger partial charge in [0.15, 0.2) is 6.10 Å². The van der Waals surface area contributed by atoms with Crippen molar-refractivity contribution < 1.29 is 23.9 Å². The van der Waals surface area contributed by atoms with Gasteiger partial charge in [0.2, 0.25) is 0 Å². The van der Waals surface area contributed by atoms with Crippen LogP contribution in [0.1, 0.15) is 162 Å². The smallest absolute Gasteiger partial charge is 0.306 e. The number of carbonyl (C=O) groups is 2. The summed E-state index contributed by atoms with van der Waals surface area (Å²) >= 11 is 0. The highest BCUT2D eigenvalue weighted by Gasteiger charge is 2.22. The largest absolute Gasteiger partial charge is 0.550 e. The van der Waals surface area contributed by atoms with E-state index in [1.54, 1.807) is 0 Å². The Bertz CT molecular complexity index is 558. The molecule has 0 spiro atoms. The second-order valence-electron chi connectivity index (χ2n) is 13.0. The summed E-state index contributed by atoms with van der Waals surface area (Å²) in [7, 11) is 5.86. The molecule has 226 valence electrons. The van der Waals surface area contributed by atoms with Gasteiger partial charge in [-0.15, -0.1) is 0 Å². The van der Waals surface area contributed by atoms with Crippen LogP contribution in [0, 0.1) is 5.92 Å². The Kier molecular flexibility index (Phi) is 24.2. The number of carboxylic acid groups (broad SMARTS) is 1. The van der Waals surface area contributed by atoms with Crippen LogP contribution in [-0.4, -0.2) is 50.2 Å². The molecule has 5 heteroatoms. The highest BCUT2D eigenvalue weighted by atomic mass is 16.5. The number of aliphatic carboxylic acids is 1. The summed E-state index contributed by atoms with van der Waals surface area (Å²) in [6.45, 7) is 5.21. The molecule has 0 aliphatic heterocycles. The minimum Gasteiger partial charge on any atom is -0.550 e. The average molecular weight is 540 g/mol. The standard InChI is InChI=1S/C33H65NO4/c1-6-7-8-9-19-22-25-30(2)26-23-20-17-15-13-11-10-12-14-16-18-21-24-27-33(37)38-31(28-32(35)36)29-34(3,4)5/h30-31H,6-29H2,1-5H3. The normalized spacial score (nSPS) is 13.4. The maximum Gasteiger partial charge on any atom is 0.306 e. The molecule has 0 aliphatic rings. The van der Waals surface area contributed by atoms with Crippen molar-refractivity contribution >= 4 is 11.9 Å². The van der Waals surface area contributed by atoms with E-state index in [1.165, 1.54) is 116 Å². The van der Waals surface area contributed by atoms with Crippen LogP contribution in [0.25, 0.3) is 0 Å². The molecule has 2 atom stereocenters. The van der Waals surface area contributed by atoms with E-state index in [1.807, 2.05) is 21.1 Å². The lowest BCUT2D eigenvalue weighted by Gasteiger charge is -2.29. The summed E-state index contributed by atoms with van der Waals surface area (Å²) in [4.78, 5) is 23.0. The number of hydrogen-bond donors (Lipinski definition) is 0. The zero-order valence-electron chi connectivity index (χ0n) is 26.2. The summed E-state index contributed by atoms with van der Waals surface area (Å²) in [6, 6.07) is 0. The molecule has 0 aromatic rings. The second kappa shape index (κ2) is 24.9. The molecule has 2 unspecified atom stereocenters. The number of esters is 1. The quantitative estimate of drug-likeness (QED) is 0.0574. The average Bonchev–Trinajstić information content (AvgIpc) is 2.82. The summed E-state index contributed by atoms with van der Waals surface area (Å²) in [6.07, 6.45) is 27.5. The molecule has 0 saturated carbocycles. The maximum atomic E-state index is 12.1. The molecule has 0 aromatic heterocycles. The van der Waals surface area contributed by atoms with Crippen molar-refractivity contribution in [2.24, 2.45) is 5.92 Å². The number of nitrogens with zero attached hydrogens (tertiary/aromatic N) is 1. The van der Waals surface area contributed by atoms with E-state index in [0.29, 0.717) is 17.4 Å². The van der Waals surface area contributed by atoms with E-state index in [2.05, 4.69) is 13.8 Å². The van der Waals surface area contributed by atoms with Crippen LogP contribution in [0.2, 0.25) is 0 Å². The molecular weight excluding hydrogens is 474 g/mol. The number of carbonyl (C=O) groups excluding carboxylic acids is 2. The van der Waals surface area contributed by atoms with Crippen LogP contribution in [0.4, 0.5) is 0 Å². The molecule has 0 amide bonds. The first-order valence-electron chi connectivity index (χ1n) is 16.3. The van der Waals surface area contributed by atoms with Crippen LogP contribution >= 0.6 is 0 Å². The maximum absolute atomic E-state index is 12.1. The summed E-state index contributed by atoms with van der Waals surface area (Å²) < 4.78 is 5.96. The van der Waals surface area contributed by atoms with Gasteiger partial charge in [0, 0.05) is 18.8 Å². The van der Waals surface area contributed by atoms with Crippen molar-refractivity contribution in [2.75, 3.05) is 27.7 Å². The van der Waals surface area contributed by atoms with E-state index in [9.17, 15) is 14.7 Å². The van der Waals surface area contributed by atoms with Crippen molar-refractivity contribution in [3.63, 3.8) is 0 Å². The lowest BCUT2D eigenvalue weighted by molar-refractivity contribution is -0.873. The van der Waals surface area contributed by atoms with E-state index >= 15 is 0 Å². The van der Waals surface area contributed by atoms with Crippen molar-refractivity contribution in [1.29, 1.82) is 0 Å². The van der Waals surface area contributed by atoms with Gasteiger partial charge in [0.05, 0.1) is 21.1 Å². The molecule has 0 radical (unpaired) electrons. The predicted octanol–water partition coefficient (Wildman–Crippen LogP) is 7.98. The van der Waals surface area contributed by atoms with Crippen molar-refractivity contribution in [2.45, 2.75) is 168 Å². The topological polar surface area (TPSA) is 66.4 Å². The summed E-state index contributed by atoms with van der Waals surface area (Å²) in [5, 5.41) is 10.9. The number of likely N-dealkylation sites (N-methyl/N-ethyl adjacent to an activating group) is 1. The van der Waals surface area contributed by atoms with E-state index < -0.39 is 12.1 Å². The number of rotatable bonds is 28. The molecule has 0 bridgehead atoms. The van der Waals surface area contributed by atoms with Gasteiger partial charge in [-0.05, 0) is 12.3 Å². The molecule has 38 heavy (non-hydrogen) atoms. The zero-order valence-corrected chi connectivity index (χ0v) is 26.2. The first-order chi connectivity index (χ1) is 18.1. The Morgan fingerprint density at radius 3 is 1.45 bits per heavy atom. The SMILES string of the molecule is CCCCCCCCC(C)CCCCCCCCCCCCCCCC(=O)OC(CC(=O)[O-])C[N+](C)(C)C. The Balaban J connectivity index is 3.46. The number of ether oxygens (including phenoxy) is 1. The fraction of sp³-hybridized carbons (Fsp3) is 0.939. The van der Waals surface area contributed by atoms with Gasteiger partial charge in [-0.25, -0.2) is 0 Å². The van der Waals surface area contributed by atoms with Crippen molar-refractivity contribution in [3.8, 4) is 0 Å². The third kappa shape index (κ3) is 27.9. The molecule has 0 saturated heterocycles. The monoisotopic (exact) mass is 539 g/mol. The molecule has 0 heterocycles. The lowest BCUT2D eigenvalue weighted by atomic mass is 9.96. The van der Waals surface area contributed by atoms with Crippen LogP contribution in [-0.2, 0) is 14.3 Å². The predicted molar refractivity (Wildman–Crippen MR) is 159 cm³/mol. The van der Waals surface area contributed by atoms with Gasteiger partial charge in [-0.3, -0.25) is 4.79 Å². The van der Waals surface area contributed by atoms with Crippen LogP contribution in [0.3, 0.4) is 0 Å². The Labute approximate surface area is 237 Å². The Morgan fingerprint density at radius 2 is 1.05 bits per heavy atom. The van der Waals surface area contributed by atoms with Gasteiger partial charge >= 0.3 is 5.97 Å². The van der Waals surface area contributed by atoms with Gasteiger partial charge in [-0.2, -0.15) is 0 Å². The number of carboxylic acids is 1. The molecule has 0 aromatic carbocycles. The highest BCUT2D eigenvalue weighted by Crippen LogP contribution is 2.19. The third-order valence-corrected chi connectivity index (χ3v) is 7.57. The van der Waals surface area contributed by atoms with Crippen LogP contribution in [0.15, 0.2) is 0 Å². The van der Waals surface area contributed by atoms with Crippen LogP contribution in [0.5, 0.6) is 0 Å². The molecular formula is C33H65NO4. The first-order valence-corrected chi connectivity index (χ1v) is 16.3. The number of quaternary nitrogens is 1. The van der Waals surface area contributed by atoms with Crippen LogP contribution < -0.4 is 5.11 Å². The molecule has 0 fully saturated rings. The van der Waals surface area contributed by atoms with Gasteiger partial charge in [0.1, 0.15) is 6.54 Å². The number of unbranched alkanes of at least 4 members (excludes halogenated alkanes) is 17. The van der Waals surface area contributed by atoms with E-state index in [-0.39, 0.29) is 12.4 Å². The highest BCUT2D eigenvalue weighted by molar-refractivity contribution is 5.70. The lowest BCUT2D eigenvalue weighted by Crippen LogP contribution is -2.45. The van der Waals surface area contributed by atoms with E-state index in [4.69, 9.17) is 4.74 Å².